The van der Waals surface area contributed by atoms with Gasteiger partial charge in [-0.2, -0.15) is 0 Å². The molecule has 2 N–H and O–H groups in total. The van der Waals surface area contributed by atoms with Gasteiger partial charge in [0.15, 0.2) is 0 Å². The first kappa shape index (κ1) is 13.5. The van der Waals surface area contributed by atoms with Crippen LogP contribution in [0.2, 0.25) is 0 Å². The molecule has 4 heteroatoms. The molecule has 1 saturated carbocycles. The van der Waals surface area contributed by atoms with E-state index in [1.54, 1.807) is 7.11 Å². The molecule has 0 spiro atoms. The van der Waals surface area contributed by atoms with Crippen LogP contribution in [0.25, 0.3) is 0 Å². The maximum Gasteiger partial charge on any atom is 0.234 e. The van der Waals surface area contributed by atoms with Crippen LogP contribution in [-0.4, -0.2) is 37.7 Å². The molecule has 3 unspecified atom stereocenters. The maximum atomic E-state index is 11.7. The Morgan fingerprint density at radius 2 is 2.25 bits per heavy atom. The maximum absolute atomic E-state index is 11.7. The Morgan fingerprint density at radius 3 is 2.88 bits per heavy atom. The minimum absolute atomic E-state index is 0.0780. The molecule has 3 atom stereocenters. The van der Waals surface area contributed by atoms with Crippen molar-refractivity contribution in [3.63, 3.8) is 0 Å². The first-order valence-electron chi connectivity index (χ1n) is 6.23. The van der Waals surface area contributed by atoms with Crippen molar-refractivity contribution in [2.45, 2.75) is 57.7 Å². The normalized spacial score (nSPS) is 26.7. The molecule has 1 amide bonds. The summed E-state index contributed by atoms with van der Waals surface area (Å²) in [6.45, 7) is 4.59. The standard InChI is InChI=1S/C12H24N2O2/c1-4-9(2)13-8-12(15)14-10-6-5-7-11(10)16-3/h9-11,13H,4-8H2,1-3H3,(H,14,15). The van der Waals surface area contributed by atoms with Crippen LogP contribution in [0.4, 0.5) is 0 Å². The number of hydrogen-bond donors (Lipinski definition) is 2. The number of methoxy groups -OCH3 is 1. The van der Waals surface area contributed by atoms with Crippen LogP contribution in [0.5, 0.6) is 0 Å². The van der Waals surface area contributed by atoms with Gasteiger partial charge in [0.25, 0.3) is 0 Å². The second-order valence-corrected chi connectivity index (χ2v) is 4.57. The van der Waals surface area contributed by atoms with Gasteiger partial charge in [-0.3, -0.25) is 4.79 Å². The molecule has 0 heterocycles. The van der Waals surface area contributed by atoms with Gasteiger partial charge >= 0.3 is 0 Å². The number of amides is 1. The van der Waals surface area contributed by atoms with E-state index in [1.807, 2.05) is 0 Å². The summed E-state index contributed by atoms with van der Waals surface area (Å²) in [6.07, 6.45) is 4.47. The van der Waals surface area contributed by atoms with Crippen molar-refractivity contribution >= 4 is 5.91 Å². The second kappa shape index (κ2) is 6.86. The fourth-order valence-electron chi connectivity index (χ4n) is 2.04. The lowest BCUT2D eigenvalue weighted by molar-refractivity contribution is -0.121. The van der Waals surface area contributed by atoms with Crippen molar-refractivity contribution in [3.8, 4) is 0 Å². The van der Waals surface area contributed by atoms with E-state index in [0.29, 0.717) is 12.6 Å². The molecule has 94 valence electrons. The van der Waals surface area contributed by atoms with Crippen LogP contribution < -0.4 is 10.6 Å². The molecule has 0 aromatic carbocycles. The second-order valence-electron chi connectivity index (χ2n) is 4.57. The van der Waals surface area contributed by atoms with Crippen LogP contribution in [-0.2, 0) is 9.53 Å². The number of hydrogen-bond acceptors (Lipinski definition) is 3. The molecule has 0 aromatic heterocycles. The Kier molecular flexibility index (Phi) is 5.77. The number of carbonyl (C=O) groups is 1. The Balaban J connectivity index is 2.23. The molecular formula is C12H24N2O2. The van der Waals surface area contributed by atoms with E-state index >= 15 is 0 Å². The molecule has 0 aliphatic heterocycles. The zero-order valence-corrected chi connectivity index (χ0v) is 10.6. The lowest BCUT2D eigenvalue weighted by Crippen LogP contribution is -2.45. The van der Waals surface area contributed by atoms with Gasteiger partial charge in [-0.05, 0) is 32.6 Å². The summed E-state index contributed by atoms with van der Waals surface area (Å²) >= 11 is 0. The highest BCUT2D eigenvalue weighted by Gasteiger charge is 2.28. The smallest absolute Gasteiger partial charge is 0.234 e. The van der Waals surface area contributed by atoms with Gasteiger partial charge in [-0.1, -0.05) is 6.92 Å². The largest absolute Gasteiger partial charge is 0.379 e. The van der Waals surface area contributed by atoms with Crippen LogP contribution in [0.1, 0.15) is 39.5 Å². The summed E-state index contributed by atoms with van der Waals surface area (Å²) in [5, 5.41) is 6.22. The Hall–Kier alpha value is -0.610. The molecule has 1 aliphatic carbocycles. The van der Waals surface area contributed by atoms with Crippen molar-refractivity contribution in [2.24, 2.45) is 0 Å². The monoisotopic (exact) mass is 228 g/mol. The van der Waals surface area contributed by atoms with Crippen LogP contribution >= 0.6 is 0 Å². The topological polar surface area (TPSA) is 50.4 Å². The number of ether oxygens (including phenoxy) is 1. The molecule has 4 nitrogen and oxygen atoms in total. The third-order valence-electron chi connectivity index (χ3n) is 3.33. The predicted octanol–water partition coefficient (Wildman–Crippen LogP) is 1.06. The fraction of sp³-hybridized carbons (Fsp3) is 0.917. The summed E-state index contributed by atoms with van der Waals surface area (Å²) in [7, 11) is 1.71. The van der Waals surface area contributed by atoms with E-state index in [4.69, 9.17) is 4.74 Å². The minimum Gasteiger partial charge on any atom is -0.379 e. The number of nitrogens with one attached hydrogen (secondary N) is 2. The Labute approximate surface area is 98.1 Å². The number of rotatable bonds is 6. The molecule has 1 fully saturated rings. The average molecular weight is 228 g/mol. The van der Waals surface area contributed by atoms with E-state index in [2.05, 4.69) is 24.5 Å². The molecular weight excluding hydrogens is 204 g/mol. The molecule has 1 rings (SSSR count). The van der Waals surface area contributed by atoms with Gasteiger partial charge < -0.3 is 15.4 Å². The SMILES string of the molecule is CCC(C)NCC(=O)NC1CCCC1OC. The first-order valence-corrected chi connectivity index (χ1v) is 6.23. The van der Waals surface area contributed by atoms with E-state index in [-0.39, 0.29) is 18.1 Å². The van der Waals surface area contributed by atoms with E-state index in [9.17, 15) is 4.79 Å². The van der Waals surface area contributed by atoms with E-state index in [1.165, 1.54) is 0 Å². The lowest BCUT2D eigenvalue weighted by atomic mass is 10.2. The third kappa shape index (κ3) is 4.10. The lowest BCUT2D eigenvalue weighted by Gasteiger charge is -2.20. The summed E-state index contributed by atoms with van der Waals surface area (Å²) in [4.78, 5) is 11.7. The van der Waals surface area contributed by atoms with Gasteiger partial charge in [-0.25, -0.2) is 0 Å². The molecule has 0 aromatic rings. The van der Waals surface area contributed by atoms with E-state index < -0.39 is 0 Å². The zero-order valence-electron chi connectivity index (χ0n) is 10.6. The average Bonchev–Trinajstić information content (AvgIpc) is 2.73. The predicted molar refractivity (Wildman–Crippen MR) is 64.3 cm³/mol. The van der Waals surface area contributed by atoms with Crippen molar-refractivity contribution < 1.29 is 9.53 Å². The highest BCUT2D eigenvalue weighted by atomic mass is 16.5. The summed E-state index contributed by atoms with van der Waals surface area (Å²) in [6, 6.07) is 0.601. The summed E-state index contributed by atoms with van der Waals surface area (Å²) in [5.74, 6) is 0.0780. The van der Waals surface area contributed by atoms with Crippen LogP contribution in [0, 0.1) is 0 Å². The van der Waals surface area contributed by atoms with Gasteiger partial charge in [0.1, 0.15) is 0 Å². The fourth-order valence-corrected chi connectivity index (χ4v) is 2.04. The van der Waals surface area contributed by atoms with Crippen LogP contribution in [0.3, 0.4) is 0 Å². The van der Waals surface area contributed by atoms with Crippen molar-refractivity contribution in [2.75, 3.05) is 13.7 Å². The van der Waals surface area contributed by atoms with Gasteiger partial charge in [-0.15, -0.1) is 0 Å². The van der Waals surface area contributed by atoms with Crippen molar-refractivity contribution in [1.29, 1.82) is 0 Å². The summed E-state index contributed by atoms with van der Waals surface area (Å²) in [5.41, 5.74) is 0. The van der Waals surface area contributed by atoms with Crippen LogP contribution in [0.15, 0.2) is 0 Å². The molecule has 1 aliphatic rings. The minimum atomic E-state index is 0.0780. The van der Waals surface area contributed by atoms with Gasteiger partial charge in [0, 0.05) is 13.2 Å². The molecule has 0 saturated heterocycles. The Bertz CT molecular complexity index is 221. The van der Waals surface area contributed by atoms with Gasteiger partial charge in [0.05, 0.1) is 18.7 Å². The van der Waals surface area contributed by atoms with Crippen molar-refractivity contribution in [3.05, 3.63) is 0 Å². The molecule has 16 heavy (non-hydrogen) atoms. The highest BCUT2D eigenvalue weighted by molar-refractivity contribution is 5.78. The summed E-state index contributed by atoms with van der Waals surface area (Å²) < 4.78 is 5.34. The van der Waals surface area contributed by atoms with Crippen molar-refractivity contribution in [1.82, 2.24) is 10.6 Å². The Morgan fingerprint density at radius 1 is 1.50 bits per heavy atom. The third-order valence-corrected chi connectivity index (χ3v) is 3.33. The van der Waals surface area contributed by atoms with Gasteiger partial charge in [0.2, 0.25) is 5.91 Å². The van der Waals surface area contributed by atoms with E-state index in [0.717, 1.165) is 25.7 Å². The quantitative estimate of drug-likeness (QED) is 0.714. The first-order chi connectivity index (χ1) is 7.67. The molecule has 0 radical (unpaired) electrons. The number of carbonyl (C=O) groups excluding carboxylic acids is 1. The zero-order chi connectivity index (χ0) is 12.0. The highest BCUT2D eigenvalue weighted by Crippen LogP contribution is 2.21. The molecule has 0 bridgehead atoms.